The summed E-state index contributed by atoms with van der Waals surface area (Å²) < 4.78 is 0. The van der Waals surface area contributed by atoms with Gasteiger partial charge in [0.2, 0.25) is 0 Å². The standard InChI is InChI=1S/C14H12Cl2N2O/c1-8-3-4-10(11(15)5-8)14(19)18-12-6-9(2)7-17-13(12)16/h3-7H,1-2H3,(H,18,19). The average molecular weight is 295 g/mol. The molecule has 0 spiro atoms. The van der Waals surface area contributed by atoms with Crippen LogP contribution < -0.4 is 5.32 Å². The van der Waals surface area contributed by atoms with E-state index in [2.05, 4.69) is 10.3 Å². The number of amides is 1. The van der Waals surface area contributed by atoms with Crippen molar-refractivity contribution in [2.24, 2.45) is 0 Å². The molecule has 5 heteroatoms. The molecule has 19 heavy (non-hydrogen) atoms. The van der Waals surface area contributed by atoms with Crippen LogP contribution in [0.3, 0.4) is 0 Å². The number of halogens is 2. The van der Waals surface area contributed by atoms with E-state index in [0.717, 1.165) is 11.1 Å². The Labute approximate surface area is 121 Å². The summed E-state index contributed by atoms with van der Waals surface area (Å²) in [6, 6.07) is 7.02. The summed E-state index contributed by atoms with van der Waals surface area (Å²) in [4.78, 5) is 16.1. The second-order valence-electron chi connectivity index (χ2n) is 4.29. The van der Waals surface area contributed by atoms with Gasteiger partial charge in [-0.15, -0.1) is 0 Å². The number of nitrogens with zero attached hydrogens (tertiary/aromatic N) is 1. The predicted molar refractivity (Wildman–Crippen MR) is 78.1 cm³/mol. The van der Waals surface area contributed by atoms with Gasteiger partial charge in [0.1, 0.15) is 0 Å². The number of anilines is 1. The van der Waals surface area contributed by atoms with Crippen LogP contribution in [-0.4, -0.2) is 10.9 Å². The summed E-state index contributed by atoms with van der Waals surface area (Å²) in [6.07, 6.45) is 1.64. The predicted octanol–water partition coefficient (Wildman–Crippen LogP) is 4.26. The Hall–Kier alpha value is -1.58. The highest BCUT2D eigenvalue weighted by atomic mass is 35.5. The number of hydrogen-bond donors (Lipinski definition) is 1. The summed E-state index contributed by atoms with van der Waals surface area (Å²) in [7, 11) is 0. The number of aryl methyl sites for hydroxylation is 2. The van der Waals surface area contributed by atoms with E-state index in [-0.39, 0.29) is 11.1 Å². The highest BCUT2D eigenvalue weighted by Gasteiger charge is 2.12. The minimum Gasteiger partial charge on any atom is -0.319 e. The lowest BCUT2D eigenvalue weighted by Crippen LogP contribution is -2.13. The number of rotatable bonds is 2. The monoisotopic (exact) mass is 294 g/mol. The molecule has 2 aromatic rings. The fourth-order valence-corrected chi connectivity index (χ4v) is 2.11. The van der Waals surface area contributed by atoms with E-state index in [1.807, 2.05) is 19.9 Å². The highest BCUT2D eigenvalue weighted by Crippen LogP contribution is 2.23. The van der Waals surface area contributed by atoms with Gasteiger partial charge >= 0.3 is 0 Å². The fraction of sp³-hybridized carbons (Fsp3) is 0.143. The lowest BCUT2D eigenvalue weighted by Gasteiger charge is -2.09. The Balaban J connectivity index is 2.28. The number of hydrogen-bond acceptors (Lipinski definition) is 2. The third-order valence-corrected chi connectivity index (χ3v) is 3.21. The molecule has 0 atom stereocenters. The molecule has 0 aliphatic carbocycles. The molecule has 2 rings (SSSR count). The normalized spacial score (nSPS) is 10.3. The van der Waals surface area contributed by atoms with E-state index >= 15 is 0 Å². The Morgan fingerprint density at radius 3 is 2.58 bits per heavy atom. The van der Waals surface area contributed by atoms with Crippen molar-refractivity contribution < 1.29 is 4.79 Å². The van der Waals surface area contributed by atoms with E-state index in [0.29, 0.717) is 16.3 Å². The van der Waals surface area contributed by atoms with E-state index < -0.39 is 0 Å². The fourth-order valence-electron chi connectivity index (χ4n) is 1.63. The SMILES string of the molecule is Cc1ccc(C(=O)Nc2cc(C)cnc2Cl)c(Cl)c1. The van der Waals surface area contributed by atoms with Crippen molar-refractivity contribution in [1.29, 1.82) is 0 Å². The van der Waals surface area contributed by atoms with Crippen LogP contribution in [0, 0.1) is 13.8 Å². The van der Waals surface area contributed by atoms with Crippen molar-refractivity contribution in [3.8, 4) is 0 Å². The van der Waals surface area contributed by atoms with Crippen LogP contribution in [0.25, 0.3) is 0 Å². The van der Waals surface area contributed by atoms with Gasteiger partial charge in [-0.2, -0.15) is 0 Å². The van der Waals surface area contributed by atoms with Crippen LogP contribution in [0.15, 0.2) is 30.5 Å². The molecule has 1 aromatic heterocycles. The van der Waals surface area contributed by atoms with Gasteiger partial charge in [0, 0.05) is 6.20 Å². The maximum atomic E-state index is 12.1. The Morgan fingerprint density at radius 1 is 1.16 bits per heavy atom. The molecule has 0 fully saturated rings. The van der Waals surface area contributed by atoms with Crippen LogP contribution in [0.2, 0.25) is 10.2 Å². The average Bonchev–Trinajstić information content (AvgIpc) is 2.33. The molecule has 0 aliphatic heterocycles. The van der Waals surface area contributed by atoms with Crippen LogP contribution in [0.5, 0.6) is 0 Å². The Morgan fingerprint density at radius 2 is 1.89 bits per heavy atom. The van der Waals surface area contributed by atoms with Gasteiger partial charge in [-0.3, -0.25) is 4.79 Å². The molecule has 0 bridgehead atoms. The molecular weight excluding hydrogens is 283 g/mol. The summed E-state index contributed by atoms with van der Waals surface area (Å²) in [6.45, 7) is 3.78. The molecule has 0 saturated carbocycles. The molecule has 1 amide bonds. The first-order valence-corrected chi connectivity index (χ1v) is 6.42. The number of carbonyl (C=O) groups excluding carboxylic acids is 1. The largest absolute Gasteiger partial charge is 0.319 e. The molecule has 1 heterocycles. The molecule has 0 radical (unpaired) electrons. The molecule has 0 unspecified atom stereocenters. The minimum absolute atomic E-state index is 0.252. The summed E-state index contributed by atoms with van der Waals surface area (Å²) in [5.74, 6) is -0.306. The third-order valence-electron chi connectivity index (χ3n) is 2.59. The Kier molecular flexibility index (Phi) is 4.08. The van der Waals surface area contributed by atoms with Crippen LogP contribution in [0.1, 0.15) is 21.5 Å². The lowest BCUT2D eigenvalue weighted by atomic mass is 10.1. The first-order chi connectivity index (χ1) is 8.97. The van der Waals surface area contributed by atoms with Gasteiger partial charge in [0.25, 0.3) is 5.91 Å². The Bertz CT molecular complexity index is 641. The molecular formula is C14H12Cl2N2O. The quantitative estimate of drug-likeness (QED) is 0.841. The zero-order valence-electron chi connectivity index (χ0n) is 10.5. The molecule has 1 aromatic carbocycles. The van der Waals surface area contributed by atoms with E-state index in [4.69, 9.17) is 23.2 Å². The zero-order valence-corrected chi connectivity index (χ0v) is 12.0. The van der Waals surface area contributed by atoms with Gasteiger partial charge in [-0.1, -0.05) is 29.3 Å². The van der Waals surface area contributed by atoms with Crippen molar-refractivity contribution in [2.75, 3.05) is 5.32 Å². The molecule has 3 nitrogen and oxygen atoms in total. The summed E-state index contributed by atoms with van der Waals surface area (Å²) in [5.41, 5.74) is 2.79. The van der Waals surface area contributed by atoms with Crippen LogP contribution in [-0.2, 0) is 0 Å². The van der Waals surface area contributed by atoms with E-state index in [1.165, 1.54) is 0 Å². The van der Waals surface area contributed by atoms with Gasteiger partial charge in [0.15, 0.2) is 5.15 Å². The smallest absolute Gasteiger partial charge is 0.257 e. The zero-order chi connectivity index (χ0) is 14.0. The maximum Gasteiger partial charge on any atom is 0.257 e. The van der Waals surface area contributed by atoms with Gasteiger partial charge < -0.3 is 5.32 Å². The second-order valence-corrected chi connectivity index (χ2v) is 5.05. The van der Waals surface area contributed by atoms with Gasteiger partial charge in [0.05, 0.1) is 16.3 Å². The van der Waals surface area contributed by atoms with Crippen molar-refractivity contribution in [2.45, 2.75) is 13.8 Å². The van der Waals surface area contributed by atoms with Gasteiger partial charge in [-0.25, -0.2) is 4.98 Å². The van der Waals surface area contributed by atoms with Crippen LogP contribution in [0.4, 0.5) is 5.69 Å². The minimum atomic E-state index is -0.306. The lowest BCUT2D eigenvalue weighted by molar-refractivity contribution is 0.102. The first kappa shape index (κ1) is 13.8. The maximum absolute atomic E-state index is 12.1. The molecule has 0 saturated heterocycles. The second kappa shape index (κ2) is 5.59. The highest BCUT2D eigenvalue weighted by molar-refractivity contribution is 6.35. The number of aromatic nitrogens is 1. The number of nitrogens with one attached hydrogen (secondary N) is 1. The van der Waals surface area contributed by atoms with Crippen molar-refractivity contribution >= 4 is 34.8 Å². The van der Waals surface area contributed by atoms with Crippen molar-refractivity contribution in [3.05, 3.63) is 57.3 Å². The number of carbonyl (C=O) groups is 1. The van der Waals surface area contributed by atoms with Crippen LogP contribution >= 0.6 is 23.2 Å². The van der Waals surface area contributed by atoms with Crippen molar-refractivity contribution in [1.82, 2.24) is 4.98 Å². The molecule has 1 N–H and O–H groups in total. The van der Waals surface area contributed by atoms with E-state index in [1.54, 1.807) is 24.4 Å². The van der Waals surface area contributed by atoms with E-state index in [9.17, 15) is 4.79 Å². The summed E-state index contributed by atoms with van der Waals surface area (Å²) in [5, 5.41) is 3.37. The number of benzene rings is 1. The number of pyridine rings is 1. The molecule has 0 aliphatic rings. The third kappa shape index (κ3) is 3.25. The molecule has 98 valence electrons. The topological polar surface area (TPSA) is 42.0 Å². The van der Waals surface area contributed by atoms with Crippen molar-refractivity contribution in [3.63, 3.8) is 0 Å². The van der Waals surface area contributed by atoms with Gasteiger partial charge in [-0.05, 0) is 43.2 Å². The first-order valence-electron chi connectivity index (χ1n) is 5.67. The summed E-state index contributed by atoms with van der Waals surface area (Å²) >= 11 is 12.0.